The lowest BCUT2D eigenvalue weighted by Gasteiger charge is -2.21. The summed E-state index contributed by atoms with van der Waals surface area (Å²) in [5.74, 6) is 2.81. The van der Waals surface area contributed by atoms with Gasteiger partial charge in [0.2, 0.25) is 11.7 Å². The Morgan fingerprint density at radius 1 is 1.03 bits per heavy atom. The molecule has 9 nitrogen and oxygen atoms in total. The maximum atomic E-state index is 12.7. The number of ether oxygens (including phenoxy) is 4. The zero-order chi connectivity index (χ0) is 22.4. The molecule has 1 amide bonds. The summed E-state index contributed by atoms with van der Waals surface area (Å²) in [6, 6.07) is 12.4. The average molecular weight is 427 g/mol. The van der Waals surface area contributed by atoms with Gasteiger partial charge in [0.15, 0.2) is 6.10 Å². The predicted molar refractivity (Wildman–Crippen MR) is 112 cm³/mol. The predicted octanol–water partition coefficient (Wildman–Crippen LogP) is 3.19. The van der Waals surface area contributed by atoms with Gasteiger partial charge in [0.05, 0.1) is 33.4 Å². The third-order valence-corrected chi connectivity index (χ3v) is 4.57. The van der Waals surface area contributed by atoms with Crippen LogP contribution >= 0.6 is 0 Å². The molecule has 1 heterocycles. The van der Waals surface area contributed by atoms with E-state index in [0.29, 0.717) is 34.4 Å². The third kappa shape index (κ3) is 5.25. The van der Waals surface area contributed by atoms with Crippen LogP contribution in [0.3, 0.4) is 0 Å². The topological polar surface area (TPSA) is 96.2 Å². The van der Waals surface area contributed by atoms with Gasteiger partial charge >= 0.3 is 0 Å². The number of hydrogen-bond donors (Lipinski definition) is 0. The summed E-state index contributed by atoms with van der Waals surface area (Å²) in [5, 5.41) is 4.00. The lowest BCUT2D eigenvalue weighted by molar-refractivity contribution is -0.137. The molecular weight excluding hydrogens is 402 g/mol. The van der Waals surface area contributed by atoms with Crippen LogP contribution in [-0.4, -0.2) is 55.4 Å². The van der Waals surface area contributed by atoms with Crippen molar-refractivity contribution >= 4 is 5.91 Å². The van der Waals surface area contributed by atoms with Gasteiger partial charge < -0.3 is 28.4 Å². The summed E-state index contributed by atoms with van der Waals surface area (Å²) in [5.41, 5.74) is 0.655. The fourth-order valence-corrected chi connectivity index (χ4v) is 2.93. The maximum Gasteiger partial charge on any atom is 0.263 e. The highest BCUT2D eigenvalue weighted by atomic mass is 16.5. The van der Waals surface area contributed by atoms with Crippen molar-refractivity contribution in [3.63, 3.8) is 0 Å². The van der Waals surface area contributed by atoms with E-state index < -0.39 is 6.10 Å². The number of methoxy groups -OCH3 is 3. The molecule has 0 saturated heterocycles. The number of benzene rings is 2. The second kappa shape index (κ2) is 9.84. The van der Waals surface area contributed by atoms with Crippen LogP contribution in [0.2, 0.25) is 0 Å². The van der Waals surface area contributed by atoms with E-state index in [4.69, 9.17) is 23.5 Å². The molecule has 3 aromatic rings. The molecule has 3 rings (SSSR count). The molecule has 0 aliphatic carbocycles. The Balaban J connectivity index is 1.66. The van der Waals surface area contributed by atoms with Crippen molar-refractivity contribution in [3.05, 3.63) is 48.4 Å². The maximum absolute atomic E-state index is 12.7. The van der Waals surface area contributed by atoms with Crippen LogP contribution in [-0.2, 0) is 11.3 Å². The first-order valence-electron chi connectivity index (χ1n) is 9.55. The van der Waals surface area contributed by atoms with Crippen molar-refractivity contribution in [1.29, 1.82) is 0 Å². The van der Waals surface area contributed by atoms with Gasteiger partial charge in [0.25, 0.3) is 5.91 Å². The average Bonchev–Trinajstić information content (AvgIpc) is 3.26. The number of amides is 1. The number of aromatic nitrogens is 2. The molecule has 0 aliphatic heterocycles. The van der Waals surface area contributed by atoms with Gasteiger partial charge in [-0.2, -0.15) is 4.98 Å². The normalized spacial score (nSPS) is 11.5. The summed E-state index contributed by atoms with van der Waals surface area (Å²) in [7, 11) is 6.34. The van der Waals surface area contributed by atoms with Crippen molar-refractivity contribution in [1.82, 2.24) is 15.0 Å². The zero-order valence-electron chi connectivity index (χ0n) is 18.1. The zero-order valence-corrected chi connectivity index (χ0v) is 18.1. The SMILES string of the molecule is COc1cccc(OC(C)C(=O)N(C)Cc2nc(-c3ccc(OC)cc3OC)no2)c1. The first-order chi connectivity index (χ1) is 14.9. The van der Waals surface area contributed by atoms with Crippen molar-refractivity contribution in [3.8, 4) is 34.4 Å². The number of carbonyl (C=O) groups excluding carboxylic acids is 1. The molecule has 0 spiro atoms. The molecule has 1 atom stereocenters. The van der Waals surface area contributed by atoms with Crippen LogP contribution in [0.5, 0.6) is 23.0 Å². The Morgan fingerprint density at radius 3 is 2.45 bits per heavy atom. The monoisotopic (exact) mass is 427 g/mol. The molecule has 1 aromatic heterocycles. The Bertz CT molecular complexity index is 1040. The van der Waals surface area contributed by atoms with Gasteiger partial charge in [-0.1, -0.05) is 11.2 Å². The Hall–Kier alpha value is -3.75. The fourth-order valence-electron chi connectivity index (χ4n) is 2.93. The van der Waals surface area contributed by atoms with Crippen LogP contribution < -0.4 is 18.9 Å². The Morgan fingerprint density at radius 2 is 1.74 bits per heavy atom. The largest absolute Gasteiger partial charge is 0.497 e. The lowest BCUT2D eigenvalue weighted by atomic mass is 10.2. The van der Waals surface area contributed by atoms with Crippen molar-refractivity contribution in [2.45, 2.75) is 19.6 Å². The molecule has 0 fully saturated rings. The lowest BCUT2D eigenvalue weighted by Crippen LogP contribution is -2.37. The highest BCUT2D eigenvalue weighted by Crippen LogP contribution is 2.31. The molecule has 2 aromatic carbocycles. The molecule has 0 radical (unpaired) electrons. The molecule has 0 N–H and O–H groups in total. The highest BCUT2D eigenvalue weighted by molar-refractivity contribution is 5.80. The van der Waals surface area contributed by atoms with E-state index in [1.54, 1.807) is 77.8 Å². The number of nitrogens with zero attached hydrogens (tertiary/aromatic N) is 3. The first kappa shape index (κ1) is 21.9. The van der Waals surface area contributed by atoms with Crippen molar-refractivity contribution in [2.75, 3.05) is 28.4 Å². The van der Waals surface area contributed by atoms with E-state index in [9.17, 15) is 4.79 Å². The highest BCUT2D eigenvalue weighted by Gasteiger charge is 2.22. The number of rotatable bonds is 9. The van der Waals surface area contributed by atoms with Gasteiger partial charge in [-0.3, -0.25) is 4.79 Å². The van der Waals surface area contributed by atoms with E-state index >= 15 is 0 Å². The Labute approximate surface area is 180 Å². The minimum Gasteiger partial charge on any atom is -0.497 e. The molecule has 0 aliphatic rings. The quantitative estimate of drug-likeness (QED) is 0.514. The van der Waals surface area contributed by atoms with E-state index in [1.807, 2.05) is 0 Å². The second-order valence-electron chi connectivity index (χ2n) is 6.71. The minimum absolute atomic E-state index is 0.135. The van der Waals surface area contributed by atoms with E-state index in [-0.39, 0.29) is 18.3 Å². The number of hydrogen-bond acceptors (Lipinski definition) is 8. The summed E-state index contributed by atoms with van der Waals surface area (Å²) < 4.78 is 26.8. The van der Waals surface area contributed by atoms with Crippen molar-refractivity contribution < 1.29 is 28.3 Å². The van der Waals surface area contributed by atoms with E-state index in [2.05, 4.69) is 10.1 Å². The van der Waals surface area contributed by atoms with Gasteiger partial charge in [0, 0.05) is 19.2 Å². The molecule has 1 unspecified atom stereocenters. The van der Waals surface area contributed by atoms with Gasteiger partial charge in [-0.25, -0.2) is 0 Å². The number of likely N-dealkylation sites (N-methyl/N-ethyl adjacent to an activating group) is 1. The van der Waals surface area contributed by atoms with Gasteiger partial charge in [-0.05, 0) is 31.2 Å². The molecule has 0 saturated carbocycles. The Kier molecular flexibility index (Phi) is 6.96. The second-order valence-corrected chi connectivity index (χ2v) is 6.71. The summed E-state index contributed by atoms with van der Waals surface area (Å²) in [4.78, 5) is 18.5. The summed E-state index contributed by atoms with van der Waals surface area (Å²) >= 11 is 0. The summed E-state index contributed by atoms with van der Waals surface area (Å²) in [6.07, 6.45) is -0.707. The van der Waals surface area contributed by atoms with E-state index in [0.717, 1.165) is 0 Å². The van der Waals surface area contributed by atoms with Crippen LogP contribution in [0.25, 0.3) is 11.4 Å². The minimum atomic E-state index is -0.707. The first-order valence-corrected chi connectivity index (χ1v) is 9.55. The van der Waals surface area contributed by atoms with Crippen LogP contribution in [0.4, 0.5) is 0 Å². The van der Waals surface area contributed by atoms with Gasteiger partial charge in [0.1, 0.15) is 23.0 Å². The smallest absolute Gasteiger partial charge is 0.263 e. The molecule has 164 valence electrons. The molecular formula is C22H25N3O6. The third-order valence-electron chi connectivity index (χ3n) is 4.57. The van der Waals surface area contributed by atoms with Crippen LogP contribution in [0, 0.1) is 0 Å². The molecule has 9 heteroatoms. The fraction of sp³-hybridized carbons (Fsp3) is 0.318. The molecule has 0 bridgehead atoms. The van der Waals surface area contributed by atoms with Crippen LogP contribution in [0.1, 0.15) is 12.8 Å². The van der Waals surface area contributed by atoms with E-state index in [1.165, 1.54) is 4.90 Å². The molecule has 31 heavy (non-hydrogen) atoms. The van der Waals surface area contributed by atoms with Crippen molar-refractivity contribution in [2.24, 2.45) is 0 Å². The summed E-state index contributed by atoms with van der Waals surface area (Å²) in [6.45, 7) is 1.82. The van der Waals surface area contributed by atoms with Crippen LogP contribution in [0.15, 0.2) is 47.0 Å². The standard InChI is InChI=1S/C22H25N3O6/c1-14(30-17-8-6-7-15(11-17)27-3)22(26)25(2)13-20-23-21(24-31-20)18-10-9-16(28-4)12-19(18)29-5/h6-12,14H,13H2,1-5H3. The number of carbonyl (C=O) groups is 1. The van der Waals surface area contributed by atoms with Gasteiger partial charge in [-0.15, -0.1) is 0 Å².